The Morgan fingerprint density at radius 1 is 1.17 bits per heavy atom. The van der Waals surface area contributed by atoms with E-state index in [-0.39, 0.29) is 22.7 Å². The van der Waals surface area contributed by atoms with Gasteiger partial charge in [0.25, 0.3) is 5.69 Å². The number of aliphatic imine (C=N–C) groups is 1. The molecule has 2 aliphatic heterocycles. The molecule has 1 fully saturated rings. The summed E-state index contributed by atoms with van der Waals surface area (Å²) in [5, 5.41) is 12.1. The number of hydrogen-bond donors (Lipinski definition) is 0. The van der Waals surface area contributed by atoms with Gasteiger partial charge in [-0.25, -0.2) is 0 Å². The van der Waals surface area contributed by atoms with Crippen LogP contribution in [0.3, 0.4) is 0 Å². The number of nitro benzene ring substituents is 1. The molecule has 152 valence electrons. The van der Waals surface area contributed by atoms with Gasteiger partial charge in [0.1, 0.15) is 12.1 Å². The molecule has 30 heavy (non-hydrogen) atoms. The lowest BCUT2D eigenvalue weighted by Gasteiger charge is -2.32. The van der Waals surface area contributed by atoms with Crippen molar-refractivity contribution in [2.24, 2.45) is 4.99 Å². The second-order valence-corrected chi connectivity index (χ2v) is 8.40. The van der Waals surface area contributed by atoms with Crippen molar-refractivity contribution in [3.05, 3.63) is 88.5 Å². The number of rotatable bonds is 5. The molecule has 1 aromatic carbocycles. The van der Waals surface area contributed by atoms with E-state index in [0.29, 0.717) is 6.04 Å². The van der Waals surface area contributed by atoms with Gasteiger partial charge in [0, 0.05) is 47.7 Å². The fourth-order valence-electron chi connectivity index (χ4n) is 4.28. The molecule has 0 amide bonds. The van der Waals surface area contributed by atoms with E-state index in [9.17, 15) is 10.1 Å². The highest BCUT2D eigenvalue weighted by Gasteiger charge is 2.46. The van der Waals surface area contributed by atoms with Gasteiger partial charge in [-0.2, -0.15) is 0 Å². The average Bonchev–Trinajstić information content (AvgIpc) is 3.49. The quantitative estimate of drug-likeness (QED) is 0.440. The van der Waals surface area contributed by atoms with Crippen LogP contribution >= 0.6 is 11.8 Å². The van der Waals surface area contributed by atoms with Crippen LogP contribution < -0.4 is 0 Å². The van der Waals surface area contributed by atoms with Gasteiger partial charge in [-0.1, -0.05) is 24.8 Å². The Hall–Kier alpha value is -3.13. The molecule has 0 radical (unpaired) electrons. The van der Waals surface area contributed by atoms with Crippen LogP contribution in [-0.4, -0.2) is 36.3 Å². The van der Waals surface area contributed by atoms with Crippen LogP contribution in [0.1, 0.15) is 36.8 Å². The van der Waals surface area contributed by atoms with Gasteiger partial charge in [-0.3, -0.25) is 20.1 Å². The molecule has 0 spiro atoms. The van der Waals surface area contributed by atoms with Crippen molar-refractivity contribution in [2.75, 3.05) is 5.75 Å². The molecule has 2 aliphatic rings. The third kappa shape index (κ3) is 3.08. The number of amidine groups is 1. The van der Waals surface area contributed by atoms with E-state index in [0.717, 1.165) is 34.4 Å². The molecule has 0 unspecified atom stereocenters. The standard InChI is InChI=1S/C22H21N5O2S/c1-2-15-14-30-22-24-20(18-6-3-4-12-23-18)21(26(15)22)19-7-5-13-25(19)16-8-10-17(11-9-16)27(28)29/h3-13,15,20-21H,2,14H2,1H3/t15-,20+,21-/m1/s1. The van der Waals surface area contributed by atoms with Gasteiger partial charge >= 0.3 is 0 Å². The largest absolute Gasteiger partial charge is 0.337 e. The minimum Gasteiger partial charge on any atom is -0.337 e. The molecule has 0 N–H and O–H groups in total. The SMILES string of the molecule is CC[C@@H]1CSC2=N[C@@H](c3ccccn3)[C@@H](c3cccn3-c3ccc([N+](=O)[O-])cc3)N21. The highest BCUT2D eigenvalue weighted by Crippen LogP contribution is 2.48. The topological polar surface area (TPSA) is 76.6 Å². The summed E-state index contributed by atoms with van der Waals surface area (Å²) < 4.78 is 2.11. The van der Waals surface area contributed by atoms with Gasteiger partial charge < -0.3 is 9.47 Å². The first kappa shape index (κ1) is 18.9. The number of nitro groups is 1. The third-order valence-corrected chi connectivity index (χ3v) is 6.88. The van der Waals surface area contributed by atoms with E-state index in [1.807, 2.05) is 48.4 Å². The monoisotopic (exact) mass is 419 g/mol. The van der Waals surface area contributed by atoms with Crippen LogP contribution in [0, 0.1) is 10.1 Å². The molecular weight excluding hydrogens is 398 g/mol. The Balaban J connectivity index is 1.59. The van der Waals surface area contributed by atoms with Gasteiger partial charge in [0.05, 0.1) is 10.6 Å². The van der Waals surface area contributed by atoms with Crippen molar-refractivity contribution in [1.82, 2.24) is 14.5 Å². The number of thioether (sulfide) groups is 1. The predicted molar refractivity (Wildman–Crippen MR) is 118 cm³/mol. The molecule has 2 aromatic heterocycles. The summed E-state index contributed by atoms with van der Waals surface area (Å²) in [4.78, 5) is 22.8. The second kappa shape index (κ2) is 7.60. The number of fused-ring (bicyclic) bond motifs is 1. The molecule has 4 heterocycles. The first-order chi connectivity index (χ1) is 14.7. The zero-order valence-electron chi connectivity index (χ0n) is 16.5. The second-order valence-electron chi connectivity index (χ2n) is 7.41. The van der Waals surface area contributed by atoms with Crippen molar-refractivity contribution in [3.63, 3.8) is 0 Å². The summed E-state index contributed by atoms with van der Waals surface area (Å²) in [5.41, 5.74) is 3.05. The summed E-state index contributed by atoms with van der Waals surface area (Å²) in [6.07, 6.45) is 4.87. The number of nitrogens with zero attached hydrogens (tertiary/aromatic N) is 5. The lowest BCUT2D eigenvalue weighted by atomic mass is 9.99. The maximum atomic E-state index is 11.0. The average molecular weight is 420 g/mol. The fourth-order valence-corrected chi connectivity index (χ4v) is 5.61. The minimum absolute atomic E-state index is 0.0278. The van der Waals surface area contributed by atoms with Crippen LogP contribution in [0.25, 0.3) is 5.69 Å². The van der Waals surface area contributed by atoms with Crippen LogP contribution in [0.4, 0.5) is 5.69 Å². The number of benzene rings is 1. The first-order valence-electron chi connectivity index (χ1n) is 9.99. The Labute approximate surface area is 178 Å². The summed E-state index contributed by atoms with van der Waals surface area (Å²) in [6, 6.07) is 17.2. The molecule has 1 saturated heterocycles. The van der Waals surface area contributed by atoms with E-state index >= 15 is 0 Å². The third-order valence-electron chi connectivity index (χ3n) is 5.75. The Morgan fingerprint density at radius 2 is 2.00 bits per heavy atom. The molecule has 3 atom stereocenters. The zero-order valence-corrected chi connectivity index (χ0v) is 17.3. The van der Waals surface area contributed by atoms with Gasteiger partial charge in [-0.05, 0) is 42.8 Å². The highest BCUT2D eigenvalue weighted by molar-refractivity contribution is 8.14. The molecule has 0 saturated carbocycles. The van der Waals surface area contributed by atoms with Crippen LogP contribution in [-0.2, 0) is 0 Å². The smallest absolute Gasteiger partial charge is 0.269 e. The summed E-state index contributed by atoms with van der Waals surface area (Å²) in [6.45, 7) is 2.22. The van der Waals surface area contributed by atoms with Crippen molar-refractivity contribution < 1.29 is 4.92 Å². The predicted octanol–water partition coefficient (Wildman–Crippen LogP) is 4.76. The van der Waals surface area contributed by atoms with E-state index in [4.69, 9.17) is 4.99 Å². The van der Waals surface area contributed by atoms with Gasteiger partial charge in [0.15, 0.2) is 5.17 Å². The molecular formula is C22H21N5O2S. The highest BCUT2D eigenvalue weighted by atomic mass is 32.2. The van der Waals surface area contributed by atoms with Crippen LogP contribution in [0.2, 0.25) is 0 Å². The van der Waals surface area contributed by atoms with Crippen LogP contribution in [0.5, 0.6) is 0 Å². The maximum Gasteiger partial charge on any atom is 0.269 e. The molecule has 7 nitrogen and oxygen atoms in total. The van der Waals surface area contributed by atoms with Crippen molar-refractivity contribution in [1.29, 1.82) is 0 Å². The Bertz CT molecular complexity index is 1100. The summed E-state index contributed by atoms with van der Waals surface area (Å²) in [5.74, 6) is 1.04. The van der Waals surface area contributed by atoms with Crippen molar-refractivity contribution >= 4 is 22.6 Å². The van der Waals surface area contributed by atoms with E-state index in [1.54, 1.807) is 24.3 Å². The summed E-state index contributed by atoms with van der Waals surface area (Å²) >= 11 is 1.82. The van der Waals surface area contributed by atoms with E-state index in [2.05, 4.69) is 27.4 Å². The van der Waals surface area contributed by atoms with E-state index in [1.165, 1.54) is 0 Å². The zero-order chi connectivity index (χ0) is 20.7. The number of pyridine rings is 1. The number of hydrogen-bond acceptors (Lipinski definition) is 6. The van der Waals surface area contributed by atoms with Gasteiger partial charge in [0.2, 0.25) is 0 Å². The molecule has 3 aromatic rings. The first-order valence-corrected chi connectivity index (χ1v) is 11.0. The Kier molecular flexibility index (Phi) is 4.78. The molecule has 0 aliphatic carbocycles. The minimum atomic E-state index is -0.373. The lowest BCUT2D eigenvalue weighted by molar-refractivity contribution is -0.384. The Morgan fingerprint density at radius 3 is 2.70 bits per heavy atom. The maximum absolute atomic E-state index is 11.0. The fraction of sp³-hybridized carbons (Fsp3) is 0.273. The molecule has 5 rings (SSSR count). The molecule has 0 bridgehead atoms. The van der Waals surface area contributed by atoms with Crippen LogP contribution in [0.15, 0.2) is 72.0 Å². The van der Waals surface area contributed by atoms with Gasteiger partial charge in [-0.15, -0.1) is 0 Å². The number of aromatic nitrogens is 2. The van der Waals surface area contributed by atoms with Crippen molar-refractivity contribution in [3.8, 4) is 5.69 Å². The molecule has 8 heteroatoms. The normalized spacial score (nSPS) is 22.8. The lowest BCUT2D eigenvalue weighted by Crippen LogP contribution is -2.36. The summed E-state index contributed by atoms with van der Waals surface area (Å²) in [7, 11) is 0. The number of non-ortho nitro benzene ring substituents is 1. The van der Waals surface area contributed by atoms with E-state index < -0.39 is 0 Å². The van der Waals surface area contributed by atoms with Crippen molar-refractivity contribution in [2.45, 2.75) is 31.5 Å².